The predicted molar refractivity (Wildman–Crippen MR) is 128 cm³/mol. The number of aliphatic hydroxyl groups excluding tert-OH is 1. The van der Waals surface area contributed by atoms with Crippen LogP contribution in [0.15, 0.2) is 91.0 Å². The largest absolute Gasteiger partial charge is 0.394 e. The van der Waals surface area contributed by atoms with Crippen molar-refractivity contribution in [3.8, 4) is 0 Å². The van der Waals surface area contributed by atoms with Crippen molar-refractivity contribution < 1.29 is 72.9 Å². The second kappa shape index (κ2) is 15.2. The Hall–Kier alpha value is -1.14. The third-order valence-electron chi connectivity index (χ3n) is 5.86. The van der Waals surface area contributed by atoms with Crippen LogP contribution >= 0.6 is 0 Å². The number of rotatable bonds is 11. The molecule has 183 valence electrons. The summed E-state index contributed by atoms with van der Waals surface area (Å²) in [6.45, 7) is 0.876. The van der Waals surface area contributed by atoms with Gasteiger partial charge in [0, 0.05) is 51.2 Å². The van der Waals surface area contributed by atoms with Gasteiger partial charge in [-0.15, -0.1) is 0 Å². The summed E-state index contributed by atoms with van der Waals surface area (Å²) in [5.74, 6) is 0. The van der Waals surface area contributed by atoms with Gasteiger partial charge in [-0.2, -0.15) is 0 Å². The van der Waals surface area contributed by atoms with E-state index in [1.165, 1.54) is 0 Å². The molecule has 0 spiro atoms. The average molecular weight is 692 g/mol. The molecule has 1 radical (unpaired) electrons. The number of ether oxygens (including phenoxy) is 5. The Morgan fingerprint density at radius 3 is 1.43 bits per heavy atom. The molecule has 4 rings (SSSR count). The first-order chi connectivity index (χ1) is 16.8. The number of methoxy groups -OCH3 is 1. The molecule has 7 heteroatoms. The molecule has 1 fully saturated rings. The van der Waals surface area contributed by atoms with Gasteiger partial charge in [0.2, 0.25) is 0 Å². The zero-order chi connectivity index (χ0) is 23.6. The summed E-state index contributed by atoms with van der Waals surface area (Å²) < 4.78 is 30.7. The average Bonchev–Trinajstić information content (AvgIpc) is 2.91. The van der Waals surface area contributed by atoms with Gasteiger partial charge in [-0.3, -0.25) is 0 Å². The Morgan fingerprint density at radius 1 is 0.629 bits per heavy atom. The molecule has 1 aliphatic heterocycles. The maximum absolute atomic E-state index is 10.1. The first-order valence-electron chi connectivity index (χ1n) is 11.5. The van der Waals surface area contributed by atoms with Crippen LogP contribution in [-0.2, 0) is 43.5 Å². The predicted octanol–water partition coefficient (Wildman–Crippen LogP) is 4.11. The van der Waals surface area contributed by atoms with Crippen molar-refractivity contribution in [3.05, 3.63) is 108 Å². The molecule has 0 amide bonds. The van der Waals surface area contributed by atoms with Gasteiger partial charge in [0.05, 0.1) is 26.4 Å². The smallest absolute Gasteiger partial charge is 0.186 e. The maximum atomic E-state index is 10.1. The zero-order valence-electron chi connectivity index (χ0n) is 19.9. The van der Waals surface area contributed by atoms with Crippen molar-refractivity contribution in [1.29, 1.82) is 0 Å². The number of hydrogen-bond donors (Lipinski definition) is 1. The molecule has 3 aromatic carbocycles. The van der Waals surface area contributed by atoms with E-state index in [0.29, 0.717) is 19.8 Å². The molecule has 0 aromatic heterocycles. The summed E-state index contributed by atoms with van der Waals surface area (Å²) in [7, 11) is 1.57. The summed E-state index contributed by atoms with van der Waals surface area (Å²) in [6.07, 6.45) is -2.97. The molecular formula is C28H32AcO6. The fraction of sp³-hybridized carbons (Fsp3) is 0.357. The number of benzene rings is 3. The van der Waals surface area contributed by atoms with E-state index < -0.39 is 30.7 Å². The maximum Gasteiger partial charge on any atom is 0.186 e. The van der Waals surface area contributed by atoms with E-state index in [9.17, 15) is 5.11 Å². The van der Waals surface area contributed by atoms with Gasteiger partial charge in [-0.1, -0.05) is 91.0 Å². The topological polar surface area (TPSA) is 66.4 Å². The van der Waals surface area contributed by atoms with Gasteiger partial charge in [-0.05, 0) is 16.7 Å². The van der Waals surface area contributed by atoms with Crippen LogP contribution in [0.5, 0.6) is 0 Å². The first kappa shape index (κ1) is 28.4. The second-order valence-corrected chi connectivity index (χ2v) is 8.24. The van der Waals surface area contributed by atoms with E-state index in [1.807, 2.05) is 91.0 Å². The van der Waals surface area contributed by atoms with Crippen LogP contribution in [0, 0.1) is 44.1 Å². The van der Waals surface area contributed by atoms with E-state index in [1.54, 1.807) is 7.11 Å². The van der Waals surface area contributed by atoms with Crippen molar-refractivity contribution in [1.82, 2.24) is 0 Å². The van der Waals surface area contributed by atoms with Gasteiger partial charge in [-0.25, -0.2) is 0 Å². The molecular weight excluding hydrogens is 659 g/mol. The molecule has 4 unspecified atom stereocenters. The van der Waals surface area contributed by atoms with E-state index >= 15 is 0 Å². The summed E-state index contributed by atoms with van der Waals surface area (Å²) in [5, 5.41) is 10.1. The Labute approximate surface area is 243 Å². The minimum atomic E-state index is -0.710. The van der Waals surface area contributed by atoms with Crippen molar-refractivity contribution in [2.24, 2.45) is 0 Å². The van der Waals surface area contributed by atoms with E-state index in [2.05, 4.69) is 0 Å². The minimum absolute atomic E-state index is 0. The van der Waals surface area contributed by atoms with E-state index in [0.717, 1.165) is 16.7 Å². The molecule has 1 heterocycles. The molecule has 0 aliphatic carbocycles. The summed E-state index contributed by atoms with van der Waals surface area (Å²) in [4.78, 5) is 0. The minimum Gasteiger partial charge on any atom is -0.394 e. The van der Waals surface area contributed by atoms with Gasteiger partial charge >= 0.3 is 0 Å². The Balaban J connectivity index is 0.00000342. The Kier molecular flexibility index (Phi) is 12.3. The van der Waals surface area contributed by atoms with Crippen LogP contribution < -0.4 is 0 Å². The third-order valence-corrected chi connectivity index (χ3v) is 5.86. The second-order valence-electron chi connectivity index (χ2n) is 8.24. The van der Waals surface area contributed by atoms with Crippen LogP contribution in [-0.4, -0.2) is 49.5 Å². The normalized spacial score (nSPS) is 24.0. The van der Waals surface area contributed by atoms with Gasteiger partial charge in [0.1, 0.15) is 24.4 Å². The van der Waals surface area contributed by atoms with Gasteiger partial charge in [0.15, 0.2) is 6.29 Å². The van der Waals surface area contributed by atoms with Crippen molar-refractivity contribution in [3.63, 3.8) is 0 Å². The van der Waals surface area contributed by atoms with Crippen molar-refractivity contribution in [2.45, 2.75) is 50.5 Å². The molecule has 6 nitrogen and oxygen atoms in total. The van der Waals surface area contributed by atoms with Crippen LogP contribution in [0.4, 0.5) is 0 Å². The fourth-order valence-electron chi connectivity index (χ4n) is 4.08. The van der Waals surface area contributed by atoms with E-state index in [4.69, 9.17) is 23.7 Å². The van der Waals surface area contributed by atoms with Crippen LogP contribution in [0.25, 0.3) is 0 Å². The Morgan fingerprint density at radius 2 is 1.03 bits per heavy atom. The summed E-state index contributed by atoms with van der Waals surface area (Å²) >= 11 is 0. The fourth-order valence-corrected chi connectivity index (χ4v) is 4.08. The zero-order valence-corrected chi connectivity index (χ0v) is 24.7. The van der Waals surface area contributed by atoms with Gasteiger partial charge in [0.25, 0.3) is 0 Å². The van der Waals surface area contributed by atoms with Crippen LogP contribution in [0.3, 0.4) is 0 Å². The molecule has 1 saturated heterocycles. The molecule has 3 aromatic rings. The Bertz CT molecular complexity index is 901. The number of aliphatic hydroxyl groups is 1. The number of hydrogen-bond acceptors (Lipinski definition) is 6. The van der Waals surface area contributed by atoms with Crippen molar-refractivity contribution in [2.75, 3.05) is 13.7 Å². The molecule has 0 bridgehead atoms. The molecule has 5 atom stereocenters. The molecule has 35 heavy (non-hydrogen) atoms. The summed E-state index contributed by atoms with van der Waals surface area (Å²) in [6, 6.07) is 29.8. The van der Waals surface area contributed by atoms with Gasteiger partial charge < -0.3 is 28.8 Å². The molecule has 1 N–H and O–H groups in total. The van der Waals surface area contributed by atoms with Crippen LogP contribution in [0.1, 0.15) is 16.7 Å². The van der Waals surface area contributed by atoms with E-state index in [-0.39, 0.29) is 50.7 Å². The monoisotopic (exact) mass is 691 g/mol. The molecule has 1 aliphatic rings. The molecule has 0 saturated carbocycles. The first-order valence-corrected chi connectivity index (χ1v) is 11.5. The van der Waals surface area contributed by atoms with Crippen LogP contribution in [0.2, 0.25) is 0 Å². The quantitative estimate of drug-likeness (QED) is 0.327. The van der Waals surface area contributed by atoms with Crippen molar-refractivity contribution >= 4 is 0 Å². The summed E-state index contributed by atoms with van der Waals surface area (Å²) in [5.41, 5.74) is 3.09. The standard InChI is InChI=1S/C28H32O6.Ac/c1-30-28-27(33-20-23-15-9-4-10-16-23)26(32-19-22-13-7-3-8-14-22)25(24(17-29)34-28)31-18-21-11-5-2-6-12-21;/h2-16,24-29H,17-20H2,1H3;/t24?,25-,26?,27?,28?;/m0./s1. The SMILES string of the molecule is COC1OC(CO)[C@H](OCc2ccccc2)C(OCc2ccccc2)C1OCc1ccccc1.[Ac]. The third kappa shape index (κ3) is 8.18.